The van der Waals surface area contributed by atoms with Gasteiger partial charge in [0.2, 0.25) is 0 Å². The minimum absolute atomic E-state index is 0.00925. The number of H-pyrrole nitrogens is 1. The van der Waals surface area contributed by atoms with Crippen molar-refractivity contribution < 1.29 is 50.5 Å². The van der Waals surface area contributed by atoms with E-state index in [4.69, 9.17) is 0 Å². The second-order valence-electron chi connectivity index (χ2n) is 9.20. The van der Waals surface area contributed by atoms with Gasteiger partial charge in [-0.05, 0) is 35.4 Å². The van der Waals surface area contributed by atoms with E-state index in [1.807, 2.05) is 0 Å². The lowest BCUT2D eigenvalue weighted by Gasteiger charge is -2.13. The van der Waals surface area contributed by atoms with E-state index in [9.17, 15) is 55.3 Å². The van der Waals surface area contributed by atoms with Gasteiger partial charge in [-0.25, -0.2) is 19.3 Å². The molecule has 16 nitrogen and oxygen atoms in total. The van der Waals surface area contributed by atoms with Crippen LogP contribution in [0.1, 0.15) is 27.2 Å². The van der Waals surface area contributed by atoms with Crippen molar-refractivity contribution in [2.24, 2.45) is 5.10 Å². The topological polar surface area (TPSA) is 254 Å². The molecule has 234 valence electrons. The number of carbonyl (C=O) groups excluding carboxylic acids is 1. The molecule has 0 fully saturated rings. The molecule has 1 aliphatic heterocycles. The number of carboxylic acid groups (broad SMARTS) is 2. The molecule has 18 heteroatoms. The number of hydrogen-bond donors (Lipinski definition) is 5. The van der Waals surface area contributed by atoms with E-state index < -0.39 is 77.9 Å². The summed E-state index contributed by atoms with van der Waals surface area (Å²) in [6.07, 6.45) is 5.90. The van der Waals surface area contributed by atoms with Crippen LogP contribution in [0.5, 0.6) is 0 Å². The molecular weight excluding hydrogens is 636 g/mol. The second-order valence-corrected chi connectivity index (χ2v) is 12.0. The van der Waals surface area contributed by atoms with Gasteiger partial charge in [0.25, 0.3) is 31.7 Å². The van der Waals surface area contributed by atoms with Crippen molar-refractivity contribution in [1.82, 2.24) is 14.8 Å². The second kappa shape index (κ2) is 12.7. The van der Waals surface area contributed by atoms with Crippen LogP contribution >= 0.6 is 0 Å². The molecule has 4 rings (SSSR count). The summed E-state index contributed by atoms with van der Waals surface area (Å²) in [4.78, 5) is 48.4. The molecule has 0 aliphatic carbocycles. The van der Waals surface area contributed by atoms with Gasteiger partial charge in [-0.3, -0.25) is 23.8 Å². The zero-order valence-corrected chi connectivity index (χ0v) is 24.3. The zero-order valence-electron chi connectivity index (χ0n) is 22.6. The summed E-state index contributed by atoms with van der Waals surface area (Å²) in [6.45, 7) is -0.894. The molecule has 0 unspecified atom stereocenters. The first-order chi connectivity index (χ1) is 21.1. The van der Waals surface area contributed by atoms with E-state index in [1.54, 1.807) is 0 Å². The molecule has 1 aromatic heterocycles. The van der Waals surface area contributed by atoms with Crippen LogP contribution in [0, 0.1) is 0 Å². The summed E-state index contributed by atoms with van der Waals surface area (Å²) in [5, 5.41) is 25.9. The molecule has 0 bridgehead atoms. The van der Waals surface area contributed by atoms with E-state index in [0.717, 1.165) is 29.0 Å². The van der Waals surface area contributed by atoms with Crippen LogP contribution in [-0.2, 0) is 42.9 Å². The summed E-state index contributed by atoms with van der Waals surface area (Å²) in [5.41, 5.74) is -2.72. The molecule has 0 radical (unpaired) electrons. The largest absolute Gasteiger partial charge is 0.477 e. The Labute approximate surface area is 254 Å². The molecule has 2 heterocycles. The van der Waals surface area contributed by atoms with Crippen LogP contribution in [0.4, 0.5) is 0 Å². The highest BCUT2D eigenvalue weighted by Crippen LogP contribution is 2.23. The normalized spacial score (nSPS) is 15.0. The molecular formula is C27H22N4O12S2. The molecule has 0 saturated carbocycles. The van der Waals surface area contributed by atoms with Crippen LogP contribution in [-0.4, -0.2) is 74.5 Å². The maximum Gasteiger partial charge on any atom is 0.357 e. The summed E-state index contributed by atoms with van der Waals surface area (Å²) in [6, 6.07) is 10.5. The number of nitrogens with zero attached hydrogens (tertiary/aromatic N) is 3. The molecule has 2 aromatic carbocycles. The van der Waals surface area contributed by atoms with Gasteiger partial charge in [0.15, 0.2) is 11.4 Å². The predicted octanol–water partition coefficient (Wildman–Crippen LogP) is 1.40. The Hall–Kier alpha value is -5.43. The first-order valence-electron chi connectivity index (χ1n) is 12.5. The molecule has 1 amide bonds. The number of aromatic amines is 1. The Morgan fingerprint density at radius 2 is 1.36 bits per heavy atom. The number of amides is 1. The lowest BCUT2D eigenvalue weighted by atomic mass is 10.1. The SMILES string of the molecule is O=C(O)C1=NN(Cc2ccccc2S(=O)(=O)O)C(=O)/C1=C/C=C/C=C/c1c(C(=O)O)[nH]n(Cc2ccccc2S(=O)(=O)O)c1=O. The number of hydrazone groups is 1. The average molecular weight is 659 g/mol. The van der Waals surface area contributed by atoms with Crippen molar-refractivity contribution in [3.05, 3.63) is 111 Å². The van der Waals surface area contributed by atoms with Crippen molar-refractivity contribution in [2.75, 3.05) is 0 Å². The number of carboxylic acids is 2. The highest BCUT2D eigenvalue weighted by molar-refractivity contribution is 7.86. The number of nitrogens with one attached hydrogen (secondary N) is 1. The van der Waals surface area contributed by atoms with E-state index in [1.165, 1.54) is 54.6 Å². The minimum atomic E-state index is -4.65. The van der Waals surface area contributed by atoms with Crippen LogP contribution < -0.4 is 5.56 Å². The Kier molecular flexibility index (Phi) is 9.14. The quantitative estimate of drug-likeness (QED) is 0.111. The molecule has 0 saturated heterocycles. The summed E-state index contributed by atoms with van der Waals surface area (Å²) >= 11 is 0. The summed E-state index contributed by atoms with van der Waals surface area (Å²) in [7, 11) is -9.28. The summed E-state index contributed by atoms with van der Waals surface area (Å²) in [5.74, 6) is -3.95. The number of carbonyl (C=O) groups is 3. The molecule has 45 heavy (non-hydrogen) atoms. The van der Waals surface area contributed by atoms with Gasteiger partial charge in [0.05, 0.1) is 34.0 Å². The third-order valence-corrected chi connectivity index (χ3v) is 8.15. The van der Waals surface area contributed by atoms with Crippen molar-refractivity contribution in [3.63, 3.8) is 0 Å². The van der Waals surface area contributed by atoms with E-state index in [-0.39, 0.29) is 22.3 Å². The lowest BCUT2D eigenvalue weighted by molar-refractivity contribution is -0.129. The number of rotatable bonds is 11. The Balaban J connectivity index is 1.58. The van der Waals surface area contributed by atoms with Gasteiger partial charge in [-0.15, -0.1) is 0 Å². The molecule has 0 atom stereocenters. The van der Waals surface area contributed by atoms with E-state index >= 15 is 0 Å². The first-order valence-corrected chi connectivity index (χ1v) is 15.3. The fraction of sp³-hybridized carbons (Fsp3) is 0.0741. The van der Waals surface area contributed by atoms with Gasteiger partial charge in [0.1, 0.15) is 0 Å². The summed E-state index contributed by atoms with van der Waals surface area (Å²) < 4.78 is 66.4. The Bertz CT molecular complexity index is 2120. The van der Waals surface area contributed by atoms with Crippen molar-refractivity contribution in [1.29, 1.82) is 0 Å². The van der Waals surface area contributed by atoms with Crippen LogP contribution in [0.25, 0.3) is 6.08 Å². The molecule has 3 aromatic rings. The highest BCUT2D eigenvalue weighted by atomic mass is 32.2. The smallest absolute Gasteiger partial charge is 0.357 e. The third-order valence-electron chi connectivity index (χ3n) is 6.25. The van der Waals surface area contributed by atoms with E-state index in [0.29, 0.717) is 5.01 Å². The average Bonchev–Trinajstić information content (AvgIpc) is 3.44. The first kappa shape index (κ1) is 32.5. The maximum atomic E-state index is 13.0. The highest BCUT2D eigenvalue weighted by Gasteiger charge is 2.34. The maximum absolute atomic E-state index is 13.0. The van der Waals surface area contributed by atoms with Crippen molar-refractivity contribution >= 4 is 49.9 Å². The lowest BCUT2D eigenvalue weighted by Crippen LogP contribution is -2.23. The number of benzene rings is 2. The van der Waals surface area contributed by atoms with Gasteiger partial charge in [-0.2, -0.15) is 21.9 Å². The number of allylic oxidation sites excluding steroid dienone is 4. The molecule has 5 N–H and O–H groups in total. The Morgan fingerprint density at radius 3 is 1.89 bits per heavy atom. The third kappa shape index (κ3) is 7.21. The number of aromatic nitrogens is 2. The number of aromatic carboxylic acids is 1. The van der Waals surface area contributed by atoms with Gasteiger partial charge < -0.3 is 10.2 Å². The van der Waals surface area contributed by atoms with Gasteiger partial charge >= 0.3 is 11.9 Å². The number of aliphatic carboxylic acids is 1. The number of hydrogen-bond acceptors (Lipinski definition) is 9. The van der Waals surface area contributed by atoms with Gasteiger partial charge in [-0.1, -0.05) is 54.6 Å². The van der Waals surface area contributed by atoms with Crippen LogP contribution in [0.2, 0.25) is 0 Å². The fourth-order valence-corrected chi connectivity index (χ4v) is 5.70. The van der Waals surface area contributed by atoms with Crippen molar-refractivity contribution in [2.45, 2.75) is 22.9 Å². The van der Waals surface area contributed by atoms with E-state index in [2.05, 4.69) is 10.2 Å². The van der Waals surface area contributed by atoms with Crippen molar-refractivity contribution in [3.8, 4) is 0 Å². The Morgan fingerprint density at radius 1 is 0.800 bits per heavy atom. The fourth-order valence-electron chi connectivity index (χ4n) is 4.27. The standard InChI is InChI=1S/C27H22N4O12S2/c32-24-18(22(26(34)35)28-30(24)14-16-8-4-6-12-20(16)44(38,39)40)10-2-1-3-11-19-23(27(36)37)29-31(25(19)33)15-17-9-5-7-13-21(17)45(41,42)43/h1-13,28H,14-15H2,(H,34,35)(H,36,37)(H,38,39,40)(H,41,42,43)/b3-1+,10-2+,19-11+. The van der Waals surface area contributed by atoms with Crippen LogP contribution in [0.3, 0.4) is 0 Å². The van der Waals surface area contributed by atoms with Gasteiger partial charge in [0, 0.05) is 0 Å². The zero-order chi connectivity index (χ0) is 33.1. The monoisotopic (exact) mass is 658 g/mol. The molecule has 1 aliphatic rings. The predicted molar refractivity (Wildman–Crippen MR) is 156 cm³/mol. The molecule has 0 spiro atoms. The van der Waals surface area contributed by atoms with Crippen LogP contribution in [0.15, 0.2) is 98.1 Å². The minimum Gasteiger partial charge on any atom is -0.477 e.